The van der Waals surface area contributed by atoms with Crippen LogP contribution in [0.5, 0.6) is 0 Å². The fraction of sp³-hybridized carbons (Fsp3) is 0.286. The normalized spacial score (nSPS) is 11.4. The molecule has 76 valence electrons. The molecule has 0 amide bonds. The summed E-state index contributed by atoms with van der Waals surface area (Å²) in [5.74, 6) is -0.0113. The molecule has 1 heterocycles. The van der Waals surface area contributed by atoms with Crippen LogP contribution in [0.1, 0.15) is 9.88 Å². The SMILES string of the molecule is Cc1ncc(CN=C(N)N=C(N)N)s1. The van der Waals surface area contributed by atoms with Crippen LogP contribution < -0.4 is 17.2 Å². The van der Waals surface area contributed by atoms with Gasteiger partial charge < -0.3 is 17.2 Å². The van der Waals surface area contributed by atoms with Crippen molar-refractivity contribution in [2.24, 2.45) is 27.2 Å². The predicted molar refractivity (Wildman–Crippen MR) is 58.0 cm³/mol. The van der Waals surface area contributed by atoms with Gasteiger partial charge in [-0.25, -0.2) is 9.98 Å². The quantitative estimate of drug-likeness (QED) is 0.454. The molecule has 0 saturated carbocycles. The summed E-state index contributed by atoms with van der Waals surface area (Å²) in [6.07, 6.45) is 1.76. The average Bonchev–Trinajstić information content (AvgIpc) is 2.47. The Kier molecular flexibility index (Phi) is 3.41. The lowest BCUT2D eigenvalue weighted by Crippen LogP contribution is -2.26. The monoisotopic (exact) mass is 212 g/mol. The number of guanidine groups is 2. The summed E-state index contributed by atoms with van der Waals surface area (Å²) >= 11 is 1.56. The van der Waals surface area contributed by atoms with Gasteiger partial charge in [0.2, 0.25) is 5.96 Å². The molecule has 0 aliphatic heterocycles. The van der Waals surface area contributed by atoms with E-state index in [-0.39, 0.29) is 11.9 Å². The van der Waals surface area contributed by atoms with Crippen LogP contribution in [0.4, 0.5) is 0 Å². The van der Waals surface area contributed by atoms with Gasteiger partial charge in [0.15, 0.2) is 5.96 Å². The minimum atomic E-state index is -0.0910. The summed E-state index contributed by atoms with van der Waals surface area (Å²) in [4.78, 5) is 12.7. The van der Waals surface area contributed by atoms with Crippen molar-refractivity contribution in [2.45, 2.75) is 13.5 Å². The fourth-order valence-corrected chi connectivity index (χ4v) is 1.52. The van der Waals surface area contributed by atoms with Crippen LogP contribution in [-0.4, -0.2) is 16.9 Å². The van der Waals surface area contributed by atoms with Crippen LogP contribution in [0.2, 0.25) is 0 Å². The molecule has 1 aromatic heterocycles. The van der Waals surface area contributed by atoms with E-state index in [0.29, 0.717) is 6.54 Å². The van der Waals surface area contributed by atoms with Gasteiger partial charge in [0, 0.05) is 11.1 Å². The topological polar surface area (TPSA) is 116 Å². The molecule has 6 nitrogen and oxygen atoms in total. The lowest BCUT2D eigenvalue weighted by molar-refractivity contribution is 1.07. The number of aliphatic imine (C=N–C) groups is 2. The van der Waals surface area contributed by atoms with Crippen LogP contribution >= 0.6 is 11.3 Å². The molecule has 0 atom stereocenters. The molecular formula is C7H12N6S. The third kappa shape index (κ3) is 3.40. The Labute approximate surface area is 85.6 Å². The van der Waals surface area contributed by atoms with Gasteiger partial charge in [-0.3, -0.25) is 0 Å². The summed E-state index contributed by atoms with van der Waals surface area (Å²) in [5.41, 5.74) is 15.7. The second-order valence-electron chi connectivity index (χ2n) is 2.56. The van der Waals surface area contributed by atoms with E-state index < -0.39 is 0 Å². The highest BCUT2D eigenvalue weighted by Crippen LogP contribution is 2.12. The van der Waals surface area contributed by atoms with E-state index in [1.165, 1.54) is 0 Å². The van der Waals surface area contributed by atoms with Crippen molar-refractivity contribution in [3.05, 3.63) is 16.1 Å². The molecule has 0 spiro atoms. The van der Waals surface area contributed by atoms with Gasteiger partial charge >= 0.3 is 0 Å². The molecule has 1 rings (SSSR count). The number of nitrogens with two attached hydrogens (primary N) is 3. The van der Waals surface area contributed by atoms with Gasteiger partial charge in [0.1, 0.15) is 0 Å². The number of nitrogens with zero attached hydrogens (tertiary/aromatic N) is 3. The summed E-state index contributed by atoms with van der Waals surface area (Å²) in [5, 5.41) is 0.996. The standard InChI is InChI=1S/C7H12N6S/c1-4-11-2-5(14-4)3-12-7(10)13-6(8)9/h2H,3H2,1H3,(H6,8,9,10,12,13). The van der Waals surface area contributed by atoms with Crippen molar-refractivity contribution in [1.82, 2.24) is 4.98 Å². The zero-order valence-electron chi connectivity index (χ0n) is 7.77. The van der Waals surface area contributed by atoms with Gasteiger partial charge in [-0.2, -0.15) is 4.99 Å². The molecule has 0 saturated heterocycles. The van der Waals surface area contributed by atoms with Gasteiger partial charge in [-0.1, -0.05) is 0 Å². The van der Waals surface area contributed by atoms with Crippen molar-refractivity contribution in [2.75, 3.05) is 0 Å². The minimum Gasteiger partial charge on any atom is -0.370 e. The van der Waals surface area contributed by atoms with Crippen LogP contribution in [0, 0.1) is 6.92 Å². The van der Waals surface area contributed by atoms with Crippen LogP contribution in [-0.2, 0) is 6.54 Å². The Hall–Kier alpha value is -1.63. The summed E-state index contributed by atoms with van der Waals surface area (Å²) in [6.45, 7) is 2.38. The van der Waals surface area contributed by atoms with Gasteiger partial charge in [0.05, 0.1) is 11.6 Å². The number of aromatic nitrogens is 1. The number of thiazole rings is 1. The van der Waals surface area contributed by atoms with E-state index in [2.05, 4.69) is 15.0 Å². The molecule has 0 aliphatic rings. The lowest BCUT2D eigenvalue weighted by atomic mass is 10.5. The molecule has 0 aromatic carbocycles. The van der Waals surface area contributed by atoms with Gasteiger partial charge in [-0.15, -0.1) is 11.3 Å². The maximum atomic E-state index is 5.42. The van der Waals surface area contributed by atoms with Gasteiger partial charge in [0.25, 0.3) is 0 Å². The first kappa shape index (κ1) is 10.5. The molecule has 0 bridgehead atoms. The average molecular weight is 212 g/mol. The summed E-state index contributed by atoms with van der Waals surface area (Å²) < 4.78 is 0. The molecule has 1 aromatic rings. The van der Waals surface area contributed by atoms with Crippen LogP contribution in [0.3, 0.4) is 0 Å². The van der Waals surface area contributed by atoms with E-state index in [1.807, 2.05) is 6.92 Å². The maximum Gasteiger partial charge on any atom is 0.218 e. The second-order valence-corrected chi connectivity index (χ2v) is 3.88. The first-order valence-electron chi connectivity index (χ1n) is 3.89. The molecule has 0 radical (unpaired) electrons. The number of rotatable bonds is 2. The Morgan fingerprint density at radius 1 is 1.50 bits per heavy atom. The van der Waals surface area contributed by atoms with Crippen molar-refractivity contribution in [1.29, 1.82) is 0 Å². The third-order valence-electron chi connectivity index (χ3n) is 1.31. The molecule has 0 unspecified atom stereocenters. The highest BCUT2D eigenvalue weighted by atomic mass is 32.1. The van der Waals surface area contributed by atoms with Crippen LogP contribution in [0.25, 0.3) is 0 Å². The molecule has 0 fully saturated rings. The lowest BCUT2D eigenvalue weighted by Gasteiger charge is -1.93. The highest BCUT2D eigenvalue weighted by Gasteiger charge is 1.96. The number of hydrogen-bond acceptors (Lipinski definition) is 3. The highest BCUT2D eigenvalue weighted by molar-refractivity contribution is 7.11. The zero-order chi connectivity index (χ0) is 10.6. The van der Waals surface area contributed by atoms with E-state index in [4.69, 9.17) is 17.2 Å². The third-order valence-corrected chi connectivity index (χ3v) is 2.21. The molecule has 14 heavy (non-hydrogen) atoms. The first-order chi connectivity index (χ1) is 6.58. The molecular weight excluding hydrogens is 200 g/mol. The predicted octanol–water partition coefficient (Wildman–Crippen LogP) is -0.460. The summed E-state index contributed by atoms with van der Waals surface area (Å²) in [6, 6.07) is 0. The Bertz CT molecular complexity index is 362. The minimum absolute atomic E-state index is 0.0797. The van der Waals surface area contributed by atoms with Gasteiger partial charge in [-0.05, 0) is 6.92 Å². The zero-order valence-corrected chi connectivity index (χ0v) is 8.58. The molecule has 6 N–H and O–H groups in total. The van der Waals surface area contributed by atoms with Crippen molar-refractivity contribution >= 4 is 23.3 Å². The first-order valence-corrected chi connectivity index (χ1v) is 4.70. The Balaban J connectivity index is 2.59. The maximum absolute atomic E-state index is 5.42. The summed E-state index contributed by atoms with van der Waals surface area (Å²) in [7, 11) is 0. The second kappa shape index (κ2) is 4.56. The van der Waals surface area contributed by atoms with Crippen molar-refractivity contribution < 1.29 is 0 Å². The van der Waals surface area contributed by atoms with Crippen molar-refractivity contribution in [3.8, 4) is 0 Å². The van der Waals surface area contributed by atoms with E-state index in [1.54, 1.807) is 17.5 Å². The van der Waals surface area contributed by atoms with Crippen LogP contribution in [0.15, 0.2) is 16.2 Å². The molecule has 7 heteroatoms. The van der Waals surface area contributed by atoms with Crippen molar-refractivity contribution in [3.63, 3.8) is 0 Å². The Morgan fingerprint density at radius 3 is 2.71 bits per heavy atom. The Morgan fingerprint density at radius 2 is 2.21 bits per heavy atom. The number of aryl methyl sites for hydroxylation is 1. The number of hydrogen-bond donors (Lipinski definition) is 3. The van der Waals surface area contributed by atoms with E-state index in [0.717, 1.165) is 9.88 Å². The van der Waals surface area contributed by atoms with E-state index in [9.17, 15) is 0 Å². The largest absolute Gasteiger partial charge is 0.370 e. The molecule has 0 aliphatic carbocycles. The fourth-order valence-electron chi connectivity index (χ4n) is 0.805. The smallest absolute Gasteiger partial charge is 0.218 e. The van der Waals surface area contributed by atoms with E-state index >= 15 is 0 Å².